The first-order valence-electron chi connectivity index (χ1n) is 29.2. The maximum absolute atomic E-state index is 12.3. The number of aromatic nitrogens is 3. The van der Waals surface area contributed by atoms with Crippen molar-refractivity contribution in [3.63, 3.8) is 0 Å². The normalized spacial score (nSPS) is 10.7. The summed E-state index contributed by atoms with van der Waals surface area (Å²) in [6.07, 6.45) is 3.31. The van der Waals surface area contributed by atoms with Gasteiger partial charge < -0.3 is 49.4 Å². The van der Waals surface area contributed by atoms with Crippen LogP contribution >= 0.6 is 15.9 Å². The van der Waals surface area contributed by atoms with Gasteiger partial charge in [-0.1, -0.05) is 52.3 Å². The number of carbonyl (C=O) groups is 2. The second-order valence-electron chi connectivity index (χ2n) is 20.7. The predicted molar refractivity (Wildman–Crippen MR) is 373 cm³/mol. The zero-order valence-corrected chi connectivity index (χ0v) is 62.4. The van der Waals surface area contributed by atoms with E-state index in [1.807, 2.05) is 96.6 Å². The van der Waals surface area contributed by atoms with Crippen molar-refractivity contribution in [2.75, 3.05) is 91.7 Å². The van der Waals surface area contributed by atoms with Gasteiger partial charge in [-0.25, -0.2) is 25.3 Å². The van der Waals surface area contributed by atoms with Crippen LogP contribution in [0.5, 0.6) is 17.2 Å². The van der Waals surface area contributed by atoms with Crippen LogP contribution < -0.4 is 76.0 Å². The number of benzene rings is 6. The van der Waals surface area contributed by atoms with E-state index in [1.165, 1.54) is 18.2 Å². The average Bonchev–Trinajstić information content (AvgIpc) is 1.62. The second-order valence-corrected chi connectivity index (χ2v) is 27.1. The Morgan fingerprint density at radius 2 is 0.845 bits per heavy atom. The summed E-state index contributed by atoms with van der Waals surface area (Å²) in [5.74, 6) is 1.45. The topological polar surface area (TPSA) is 338 Å². The van der Waals surface area contributed by atoms with E-state index in [1.54, 1.807) is 82.0 Å². The summed E-state index contributed by atoms with van der Waals surface area (Å²) in [6, 6.07) is 44.7. The quantitative estimate of drug-likeness (QED) is 0.0513. The monoisotopic (exact) mass is 1450 g/mol. The number of aliphatic hydroxyl groups excluding tert-OH is 1. The summed E-state index contributed by atoms with van der Waals surface area (Å²) in [5, 5.41) is 41.9. The second kappa shape index (κ2) is 37.7. The molecule has 30 heteroatoms. The van der Waals surface area contributed by atoms with Crippen molar-refractivity contribution in [3.05, 3.63) is 144 Å². The third-order valence-electron chi connectivity index (χ3n) is 14.5. The van der Waals surface area contributed by atoms with Gasteiger partial charge in [-0.05, 0) is 110 Å². The molecule has 0 aliphatic rings. The number of nitrogens with zero attached hydrogens (tertiary/aromatic N) is 8. The summed E-state index contributed by atoms with van der Waals surface area (Å²) in [4.78, 5) is 21.0. The molecule has 9 aromatic rings. The molecule has 0 saturated heterocycles. The van der Waals surface area contributed by atoms with Crippen LogP contribution in [0.3, 0.4) is 0 Å². The van der Waals surface area contributed by atoms with E-state index in [4.69, 9.17) is 18.9 Å². The fourth-order valence-electron chi connectivity index (χ4n) is 10.6. The molecule has 0 spiro atoms. The Morgan fingerprint density at radius 3 is 1.09 bits per heavy atom. The summed E-state index contributed by atoms with van der Waals surface area (Å²) < 4.78 is 108. The van der Waals surface area contributed by atoms with Crippen molar-refractivity contribution in [2.45, 2.75) is 54.3 Å². The SMILES string of the molecule is CC(=O)OCCBr.CCn1c(-c2ccc(N(CCO)S(C)(=O)=O)cc2)c(C#N)c2ccc(OC)cc21.CCn1c(-c2ccc(N(CCOC(C)=O)S(C)(=O)=O)cc2)c(C#N)c2ccc(OC)cc21.CCn1c(-c2ccc(NS(C)(=O)=O)cc2)c(C#N)c2ccc(OC)cc21.[H-].[Li+].[Na+].[OH-]. The Morgan fingerprint density at radius 1 is 0.536 bits per heavy atom. The van der Waals surface area contributed by atoms with E-state index < -0.39 is 36.0 Å². The number of halogens is 1. The number of aryl methyl sites for hydroxylation is 3. The number of methoxy groups -OCH3 is 3. The predicted octanol–water partition coefficient (Wildman–Crippen LogP) is 4.97. The number of alkyl halides is 1. The summed E-state index contributed by atoms with van der Waals surface area (Å²) >= 11 is 3.10. The third-order valence-corrected chi connectivity index (χ3v) is 17.8. The van der Waals surface area contributed by atoms with Gasteiger partial charge in [0.1, 0.15) is 48.7 Å². The molecular formula is C67H76BrLiN9NaO15S3. The Hall–Kier alpha value is -8.00. The molecule has 0 radical (unpaired) electrons. The molecule has 0 fully saturated rings. The Balaban J connectivity index is 0.000000468. The molecule has 9 rings (SSSR count). The summed E-state index contributed by atoms with van der Waals surface area (Å²) in [6.45, 7) is 10.8. The Labute approximate surface area is 610 Å². The van der Waals surface area contributed by atoms with Gasteiger partial charge in [-0.15, -0.1) is 0 Å². The van der Waals surface area contributed by atoms with Gasteiger partial charge in [-0.3, -0.25) is 22.9 Å². The molecule has 506 valence electrons. The first-order chi connectivity index (χ1) is 44.7. The number of ether oxygens (including phenoxy) is 5. The number of nitrogens with one attached hydrogen (secondary N) is 1. The van der Waals surface area contributed by atoms with Gasteiger partial charge in [-0.2, -0.15) is 15.8 Å². The van der Waals surface area contributed by atoms with Gasteiger partial charge >= 0.3 is 60.4 Å². The van der Waals surface area contributed by atoms with Crippen LogP contribution in [0.25, 0.3) is 66.5 Å². The molecule has 3 aromatic heterocycles. The van der Waals surface area contributed by atoms with Gasteiger partial charge in [0, 0.05) is 78.9 Å². The standard InChI is InChI=1S/C23H25N3O5S.C21H23N3O4S.C19H19N3O3S.C4H7BrO2.Li.Na.H2O.H/c1-5-25-22-14-19(30-3)10-11-20(22)21(15-24)23(25)17-6-8-18(9-7-17)26(32(4,28)29)12-13-31-16(2)27;1-4-23-20-13-17(28-2)9-10-18(20)19(14-22)21(23)15-5-7-16(8-6-15)24(11-12-25)29(3,26)27;1-4-22-18-11-15(25-2)9-10-16(18)17(12-20)19(22)13-5-7-14(8-6-13)21-26(3,23)24;1-4(6)7-3-2-5;;;;/h6-11,14H,5,12-13H2,1-4H3;5-10,13,25H,4,11-12H2,1-3H3;5-11,21H,4H2,1-3H3;2-3H2,1H3;;;1H2;/q;;;;2*+1;;-1/p-1. The van der Waals surface area contributed by atoms with Crippen LogP contribution in [-0.2, 0) is 68.8 Å². The number of hydrogen-bond acceptors (Lipinski definition) is 18. The average molecular weight is 1450 g/mol. The third kappa shape index (κ3) is 20.8. The van der Waals surface area contributed by atoms with E-state index in [0.717, 1.165) is 95.3 Å². The number of carbonyl (C=O) groups excluding carboxylic acids is 2. The van der Waals surface area contributed by atoms with Crippen molar-refractivity contribution >= 4 is 108 Å². The molecule has 6 aromatic carbocycles. The van der Waals surface area contributed by atoms with Crippen LogP contribution in [-0.4, -0.2) is 140 Å². The minimum atomic E-state index is -3.58. The zero-order chi connectivity index (χ0) is 69.2. The molecular weight excluding hydrogens is 1380 g/mol. The van der Waals surface area contributed by atoms with Crippen molar-refractivity contribution < 1.29 is 119 Å². The van der Waals surface area contributed by atoms with Crippen LogP contribution in [0.4, 0.5) is 17.1 Å². The zero-order valence-electron chi connectivity index (χ0n) is 57.4. The van der Waals surface area contributed by atoms with Crippen LogP contribution in [0.15, 0.2) is 127 Å². The molecule has 0 bridgehead atoms. The number of sulfonamides is 3. The van der Waals surface area contributed by atoms with Crippen molar-refractivity contribution in [1.82, 2.24) is 13.7 Å². The molecule has 0 aliphatic heterocycles. The van der Waals surface area contributed by atoms with Gasteiger partial charge in [0.05, 0.1) is 121 Å². The fraction of sp³-hybridized carbons (Fsp3) is 0.299. The molecule has 0 unspecified atom stereocenters. The molecule has 0 amide bonds. The molecule has 24 nitrogen and oxygen atoms in total. The first kappa shape index (κ1) is 83.2. The first-order valence-corrected chi connectivity index (χ1v) is 35.9. The number of hydrogen-bond donors (Lipinski definition) is 2. The summed E-state index contributed by atoms with van der Waals surface area (Å²) in [7, 11) is -5.61. The Bertz CT molecular complexity index is 4690. The van der Waals surface area contributed by atoms with Gasteiger partial charge in [0.15, 0.2) is 0 Å². The van der Waals surface area contributed by atoms with Crippen molar-refractivity contribution in [1.29, 1.82) is 15.8 Å². The van der Waals surface area contributed by atoms with E-state index in [-0.39, 0.29) is 87.6 Å². The van der Waals surface area contributed by atoms with Crippen LogP contribution in [0, 0.1) is 34.0 Å². The summed E-state index contributed by atoms with van der Waals surface area (Å²) in [5.41, 5.74) is 10.6. The smallest absolute Gasteiger partial charge is 1.00 e. The number of aliphatic hydroxyl groups is 1. The number of nitriles is 3. The van der Waals surface area contributed by atoms with E-state index in [2.05, 4.69) is 48.2 Å². The molecule has 0 atom stereocenters. The minimum Gasteiger partial charge on any atom is -1.00 e. The molecule has 3 heterocycles. The Kier molecular flexibility index (Phi) is 32.3. The van der Waals surface area contributed by atoms with E-state index in [0.29, 0.717) is 76.8 Å². The van der Waals surface area contributed by atoms with Gasteiger partial charge in [0.25, 0.3) is 0 Å². The van der Waals surface area contributed by atoms with Crippen molar-refractivity contribution in [2.24, 2.45) is 0 Å². The van der Waals surface area contributed by atoms with Gasteiger partial charge in [0.2, 0.25) is 30.1 Å². The number of esters is 2. The minimum absolute atomic E-state index is 0. The maximum Gasteiger partial charge on any atom is 1.00 e. The van der Waals surface area contributed by atoms with Crippen molar-refractivity contribution in [3.8, 4) is 69.2 Å². The molecule has 3 N–H and O–H groups in total. The van der Waals surface area contributed by atoms with E-state index in [9.17, 15) is 55.7 Å². The van der Waals surface area contributed by atoms with Crippen LogP contribution in [0.2, 0.25) is 0 Å². The maximum atomic E-state index is 12.3. The molecule has 0 saturated carbocycles. The largest absolute Gasteiger partial charge is 1.00 e. The number of fused-ring (bicyclic) bond motifs is 3. The van der Waals surface area contributed by atoms with E-state index >= 15 is 0 Å². The number of rotatable bonds is 22. The fourth-order valence-corrected chi connectivity index (χ4v) is 13.1. The molecule has 0 aliphatic carbocycles. The van der Waals surface area contributed by atoms with Crippen LogP contribution in [0.1, 0.15) is 52.7 Å². The number of anilines is 3. The molecule has 97 heavy (non-hydrogen) atoms.